The second-order valence-corrected chi connectivity index (χ2v) is 5.19. The Morgan fingerprint density at radius 1 is 0.875 bits per heavy atom. The van der Waals surface area contributed by atoms with Gasteiger partial charge in [0.1, 0.15) is 0 Å². The smallest absolute Gasteiger partial charge is 0.0190 e. The van der Waals surface area contributed by atoms with Crippen molar-refractivity contribution in [2.24, 2.45) is 0 Å². The van der Waals surface area contributed by atoms with E-state index in [0.29, 0.717) is 11.8 Å². The van der Waals surface area contributed by atoms with E-state index < -0.39 is 0 Å². The third-order valence-electron chi connectivity index (χ3n) is 3.92. The van der Waals surface area contributed by atoms with E-state index in [1.54, 1.807) is 11.1 Å². The highest BCUT2D eigenvalue weighted by atomic mass is 14.2. The van der Waals surface area contributed by atoms with Gasteiger partial charge in [0.05, 0.1) is 0 Å². The zero-order valence-electron chi connectivity index (χ0n) is 11.7. The highest BCUT2D eigenvalue weighted by Crippen LogP contribution is 2.31. The van der Waals surface area contributed by atoms with Crippen LogP contribution in [-0.2, 0) is 0 Å². The minimum Gasteiger partial charge on any atom is -0.0648 e. The maximum atomic E-state index is 2.37. The highest BCUT2D eigenvalue weighted by Gasteiger charge is 2.13. The van der Waals surface area contributed by atoms with E-state index >= 15 is 0 Å². The Balaban J connectivity index is 3.25. The molecule has 0 aromatic heterocycles. The summed E-state index contributed by atoms with van der Waals surface area (Å²) in [5.74, 6) is 1.37. The minimum atomic E-state index is 0.683. The normalized spacial score (nSPS) is 14.9. The van der Waals surface area contributed by atoms with Crippen LogP contribution in [0.3, 0.4) is 0 Å². The molecule has 90 valence electrons. The number of benzene rings is 1. The Hall–Kier alpha value is -0.780. The molecule has 0 heteroatoms. The Labute approximate surface area is 101 Å². The van der Waals surface area contributed by atoms with E-state index in [-0.39, 0.29) is 0 Å². The van der Waals surface area contributed by atoms with E-state index in [0.717, 1.165) is 0 Å². The summed E-state index contributed by atoms with van der Waals surface area (Å²) in [6.45, 7) is 13.7. The SMILES string of the molecule is CCC(C)c1cc(C)cc(C(C)CC)c1C. The molecule has 0 nitrogen and oxygen atoms in total. The van der Waals surface area contributed by atoms with Crippen LogP contribution in [0.25, 0.3) is 0 Å². The Bertz CT molecular complexity index is 318. The van der Waals surface area contributed by atoms with Crippen molar-refractivity contribution >= 4 is 0 Å². The summed E-state index contributed by atoms with van der Waals surface area (Å²) in [5.41, 5.74) is 6.04. The standard InChI is InChI=1S/C16H26/c1-7-12(4)15-9-11(3)10-16(14(15)6)13(5)8-2/h9-10,12-13H,7-8H2,1-6H3. The fourth-order valence-corrected chi connectivity index (χ4v) is 2.38. The van der Waals surface area contributed by atoms with Gasteiger partial charge in [-0.1, -0.05) is 45.4 Å². The topological polar surface area (TPSA) is 0 Å². The van der Waals surface area contributed by atoms with Crippen LogP contribution in [0.4, 0.5) is 0 Å². The maximum Gasteiger partial charge on any atom is -0.0190 e. The molecule has 0 aliphatic carbocycles. The van der Waals surface area contributed by atoms with Gasteiger partial charge in [-0.25, -0.2) is 0 Å². The van der Waals surface area contributed by atoms with Gasteiger partial charge in [0.15, 0.2) is 0 Å². The summed E-state index contributed by atoms with van der Waals surface area (Å²) >= 11 is 0. The van der Waals surface area contributed by atoms with E-state index in [4.69, 9.17) is 0 Å². The van der Waals surface area contributed by atoms with E-state index in [1.165, 1.54) is 24.0 Å². The molecule has 0 saturated heterocycles. The van der Waals surface area contributed by atoms with Gasteiger partial charge in [-0.15, -0.1) is 0 Å². The van der Waals surface area contributed by atoms with Gasteiger partial charge < -0.3 is 0 Å². The molecule has 0 spiro atoms. The molecule has 0 heterocycles. The zero-order chi connectivity index (χ0) is 12.3. The van der Waals surface area contributed by atoms with Gasteiger partial charge in [-0.2, -0.15) is 0 Å². The van der Waals surface area contributed by atoms with Crippen molar-refractivity contribution in [3.63, 3.8) is 0 Å². The molecule has 1 rings (SSSR count). The predicted octanol–water partition coefficient (Wildman–Crippen LogP) is 5.33. The predicted molar refractivity (Wildman–Crippen MR) is 73.3 cm³/mol. The van der Waals surface area contributed by atoms with Gasteiger partial charge in [-0.05, 0) is 55.2 Å². The molecular formula is C16H26. The highest BCUT2D eigenvalue weighted by molar-refractivity contribution is 5.41. The largest absolute Gasteiger partial charge is 0.0648 e. The second kappa shape index (κ2) is 5.52. The van der Waals surface area contributed by atoms with Crippen molar-refractivity contribution in [2.45, 2.75) is 66.2 Å². The van der Waals surface area contributed by atoms with Crippen LogP contribution in [0.5, 0.6) is 0 Å². The average Bonchev–Trinajstić information content (AvgIpc) is 2.29. The maximum absolute atomic E-state index is 2.37. The van der Waals surface area contributed by atoms with Crippen molar-refractivity contribution in [2.75, 3.05) is 0 Å². The molecule has 0 radical (unpaired) electrons. The summed E-state index contributed by atoms with van der Waals surface area (Å²) in [6.07, 6.45) is 2.45. The fourth-order valence-electron chi connectivity index (χ4n) is 2.38. The first-order chi connectivity index (χ1) is 7.51. The molecule has 0 aliphatic rings. The molecule has 2 atom stereocenters. The molecule has 1 aromatic carbocycles. The van der Waals surface area contributed by atoms with Crippen molar-refractivity contribution in [1.29, 1.82) is 0 Å². The van der Waals surface area contributed by atoms with Crippen LogP contribution < -0.4 is 0 Å². The van der Waals surface area contributed by atoms with Crippen LogP contribution in [0.15, 0.2) is 12.1 Å². The van der Waals surface area contributed by atoms with Gasteiger partial charge in [-0.3, -0.25) is 0 Å². The molecule has 2 unspecified atom stereocenters. The molecule has 1 aromatic rings. The molecule has 0 amide bonds. The molecular weight excluding hydrogens is 192 g/mol. The molecule has 16 heavy (non-hydrogen) atoms. The van der Waals surface area contributed by atoms with Crippen LogP contribution in [0, 0.1) is 13.8 Å². The van der Waals surface area contributed by atoms with Crippen LogP contribution >= 0.6 is 0 Å². The van der Waals surface area contributed by atoms with E-state index in [2.05, 4.69) is 53.7 Å². The number of hydrogen-bond acceptors (Lipinski definition) is 0. The lowest BCUT2D eigenvalue weighted by molar-refractivity contribution is 0.700. The second-order valence-electron chi connectivity index (χ2n) is 5.19. The lowest BCUT2D eigenvalue weighted by Gasteiger charge is -2.20. The molecule has 0 N–H and O–H groups in total. The zero-order valence-corrected chi connectivity index (χ0v) is 11.7. The van der Waals surface area contributed by atoms with Crippen molar-refractivity contribution in [1.82, 2.24) is 0 Å². The first-order valence-corrected chi connectivity index (χ1v) is 6.62. The van der Waals surface area contributed by atoms with E-state index in [9.17, 15) is 0 Å². The lowest BCUT2D eigenvalue weighted by Crippen LogP contribution is -2.03. The first kappa shape index (κ1) is 13.3. The monoisotopic (exact) mass is 218 g/mol. The number of hydrogen-bond donors (Lipinski definition) is 0. The fraction of sp³-hybridized carbons (Fsp3) is 0.625. The van der Waals surface area contributed by atoms with Crippen LogP contribution in [0.1, 0.15) is 74.6 Å². The molecule has 0 fully saturated rings. The van der Waals surface area contributed by atoms with Crippen molar-refractivity contribution in [3.05, 3.63) is 34.4 Å². The Morgan fingerprint density at radius 2 is 1.25 bits per heavy atom. The molecule has 0 saturated carbocycles. The molecule has 0 aliphatic heterocycles. The first-order valence-electron chi connectivity index (χ1n) is 6.62. The van der Waals surface area contributed by atoms with Gasteiger partial charge in [0.2, 0.25) is 0 Å². The van der Waals surface area contributed by atoms with Crippen LogP contribution in [0.2, 0.25) is 0 Å². The van der Waals surface area contributed by atoms with Crippen LogP contribution in [-0.4, -0.2) is 0 Å². The third-order valence-corrected chi connectivity index (χ3v) is 3.92. The number of rotatable bonds is 4. The average molecular weight is 218 g/mol. The summed E-state index contributed by atoms with van der Waals surface area (Å²) < 4.78 is 0. The Kier molecular flexibility index (Phi) is 4.58. The lowest BCUT2D eigenvalue weighted by atomic mass is 9.85. The minimum absolute atomic E-state index is 0.683. The summed E-state index contributed by atoms with van der Waals surface area (Å²) in [6, 6.07) is 4.74. The van der Waals surface area contributed by atoms with E-state index in [1.807, 2.05) is 0 Å². The van der Waals surface area contributed by atoms with Crippen molar-refractivity contribution in [3.8, 4) is 0 Å². The quantitative estimate of drug-likeness (QED) is 0.640. The summed E-state index contributed by atoms with van der Waals surface area (Å²) in [5, 5.41) is 0. The number of aryl methyl sites for hydroxylation is 1. The third kappa shape index (κ3) is 2.66. The summed E-state index contributed by atoms with van der Waals surface area (Å²) in [4.78, 5) is 0. The van der Waals surface area contributed by atoms with Gasteiger partial charge in [0, 0.05) is 0 Å². The van der Waals surface area contributed by atoms with Crippen molar-refractivity contribution < 1.29 is 0 Å². The Morgan fingerprint density at radius 3 is 1.56 bits per heavy atom. The summed E-state index contributed by atoms with van der Waals surface area (Å²) in [7, 11) is 0. The van der Waals surface area contributed by atoms with Gasteiger partial charge in [0.25, 0.3) is 0 Å². The van der Waals surface area contributed by atoms with Gasteiger partial charge >= 0.3 is 0 Å². The molecule has 0 bridgehead atoms.